The van der Waals surface area contributed by atoms with Gasteiger partial charge in [0.1, 0.15) is 5.41 Å². The fourth-order valence-corrected chi connectivity index (χ4v) is 10.3. The average Bonchev–Trinajstić information content (AvgIpc) is 2.19. The summed E-state index contributed by atoms with van der Waals surface area (Å²) < 4.78 is -21.3. The molecule has 0 aliphatic rings. The van der Waals surface area contributed by atoms with Crippen LogP contribution in [0.25, 0.3) is 0 Å². The molecule has 0 heterocycles. The van der Waals surface area contributed by atoms with Crippen molar-refractivity contribution in [2.24, 2.45) is 5.41 Å². The minimum atomic E-state index is -3.20. The van der Waals surface area contributed by atoms with Gasteiger partial charge in [-0.15, -0.1) is 0 Å². The summed E-state index contributed by atoms with van der Waals surface area (Å²) in [7, 11) is 0. The molecule has 0 spiro atoms. The van der Waals surface area contributed by atoms with E-state index in [2.05, 4.69) is 0 Å². The second kappa shape index (κ2) is 8.92. The van der Waals surface area contributed by atoms with Crippen molar-refractivity contribution in [3.05, 3.63) is 0 Å². The maximum absolute atomic E-state index is 9.80. The highest BCUT2D eigenvalue weighted by molar-refractivity contribution is 6.81. The highest BCUT2D eigenvalue weighted by atomic mass is 35.6. The van der Waals surface area contributed by atoms with Crippen molar-refractivity contribution in [1.29, 1.82) is 0 Å². The fraction of sp³-hybridized carbons (Fsp3) is 1.00. The van der Waals surface area contributed by atoms with E-state index in [1.165, 1.54) is 0 Å². The molecule has 158 valence electrons. The molecule has 0 rings (SSSR count). The quantitative estimate of drug-likeness (QED) is 0.288. The summed E-state index contributed by atoms with van der Waals surface area (Å²) >= 11 is 101. The molecule has 0 radical (unpaired) electrons. The van der Waals surface area contributed by atoms with E-state index in [-0.39, 0.29) is 0 Å². The normalized spacial score (nSPS) is 16.8. The molecule has 0 fully saturated rings. The lowest BCUT2D eigenvalue weighted by Gasteiger charge is -2.59. The number of halogens is 17. The second-order valence-corrected chi connectivity index (χ2v) is 16.6. The minimum Gasteiger partial charge on any atom is -0.360 e. The lowest BCUT2D eigenvalue weighted by Crippen LogP contribution is -2.73. The molecule has 0 saturated heterocycles. The van der Waals surface area contributed by atoms with E-state index in [9.17, 15) is 5.11 Å². The van der Waals surface area contributed by atoms with E-state index in [0.29, 0.717) is 0 Å². The SMILES string of the molecule is OC(Cl)(Cl)C(Cl)(Cl)C(Cl)(Cl)C(Cl)(Cl)C(C(Cl)(Cl)Cl)(C(Cl)(Cl)Cl)C(Cl)(Cl)Cl. The Morgan fingerprint density at radius 3 is 0.731 bits per heavy atom. The zero-order valence-corrected chi connectivity index (χ0v) is 23.7. The Labute approximate surface area is 233 Å². The molecule has 0 aromatic carbocycles. The van der Waals surface area contributed by atoms with E-state index in [0.717, 1.165) is 0 Å². The Balaban J connectivity index is 7.31. The van der Waals surface area contributed by atoms with Crippen LogP contribution in [0.5, 0.6) is 0 Å². The molecular weight excluding hydrogens is 715 g/mol. The van der Waals surface area contributed by atoms with Gasteiger partial charge in [-0.25, -0.2) is 0 Å². The van der Waals surface area contributed by atoms with E-state index >= 15 is 0 Å². The summed E-state index contributed by atoms with van der Waals surface area (Å²) in [4.78, 5) is 0. The van der Waals surface area contributed by atoms with Gasteiger partial charge in [0, 0.05) is 0 Å². The van der Waals surface area contributed by atoms with Crippen LogP contribution in [0.2, 0.25) is 0 Å². The van der Waals surface area contributed by atoms with Crippen molar-refractivity contribution in [1.82, 2.24) is 0 Å². The topological polar surface area (TPSA) is 20.2 Å². The number of rotatable bonds is 4. The summed E-state index contributed by atoms with van der Waals surface area (Å²) in [5.74, 6) is 0. The van der Waals surface area contributed by atoms with Crippen molar-refractivity contribution in [3.63, 3.8) is 0 Å². The van der Waals surface area contributed by atoms with Crippen LogP contribution in [0.15, 0.2) is 0 Å². The molecule has 0 amide bonds. The van der Waals surface area contributed by atoms with Crippen molar-refractivity contribution in [2.45, 2.75) is 28.9 Å². The van der Waals surface area contributed by atoms with Crippen LogP contribution in [0, 0.1) is 5.41 Å². The lowest BCUT2D eigenvalue weighted by molar-refractivity contribution is 0.159. The van der Waals surface area contributed by atoms with Gasteiger partial charge in [0.05, 0.1) is 0 Å². The van der Waals surface area contributed by atoms with Gasteiger partial charge >= 0.3 is 0 Å². The van der Waals surface area contributed by atoms with Crippen LogP contribution in [0.1, 0.15) is 0 Å². The smallest absolute Gasteiger partial charge is 0.251 e. The first-order valence-corrected chi connectivity index (χ1v) is 11.6. The molecule has 0 aromatic heterocycles. The lowest BCUT2D eigenvalue weighted by atomic mass is 9.84. The summed E-state index contributed by atoms with van der Waals surface area (Å²) in [6.07, 6.45) is 0. The van der Waals surface area contributed by atoms with Gasteiger partial charge in [-0.3, -0.25) is 0 Å². The molecule has 0 aromatic rings. The van der Waals surface area contributed by atoms with E-state index in [1.807, 2.05) is 0 Å². The molecule has 18 heteroatoms. The monoisotopic (exact) mass is 707 g/mol. The third-order valence-electron chi connectivity index (χ3n) is 2.91. The van der Waals surface area contributed by atoms with Crippen LogP contribution >= 0.6 is 197 Å². The standard InChI is InChI=1S/C8HCl17O/c9-2(10,3(11,12)4(13,14)8(24,25)26)1(5(15,16)17,6(18,19)20)7(21,22)23/h26H. The van der Waals surface area contributed by atoms with Crippen LogP contribution in [0.4, 0.5) is 0 Å². The van der Waals surface area contributed by atoms with Crippen molar-refractivity contribution in [2.75, 3.05) is 0 Å². The maximum Gasteiger partial charge on any atom is 0.251 e. The molecule has 1 nitrogen and oxygen atoms in total. The highest BCUT2D eigenvalue weighted by Gasteiger charge is 2.86. The van der Waals surface area contributed by atoms with Crippen molar-refractivity contribution in [3.8, 4) is 0 Å². The second-order valence-electron chi connectivity index (χ2n) is 4.51. The Hall–Kier alpha value is 4.89. The molecule has 0 bridgehead atoms. The number of alkyl halides is 17. The average molecular weight is 716 g/mol. The van der Waals surface area contributed by atoms with Gasteiger partial charge in [-0.2, -0.15) is 0 Å². The van der Waals surface area contributed by atoms with Gasteiger partial charge in [0.25, 0.3) is 4.52 Å². The molecule has 0 aliphatic heterocycles. The van der Waals surface area contributed by atoms with Crippen LogP contribution in [0.3, 0.4) is 0 Å². The van der Waals surface area contributed by atoms with Gasteiger partial charge in [0.15, 0.2) is 8.67 Å². The third-order valence-corrected chi connectivity index (χ3v) is 10.6. The van der Waals surface area contributed by atoms with E-state index in [4.69, 9.17) is 197 Å². The minimum absolute atomic E-state index is 2.93. The largest absolute Gasteiger partial charge is 0.360 e. The fourth-order valence-electron chi connectivity index (χ4n) is 1.64. The van der Waals surface area contributed by atoms with Gasteiger partial charge in [-0.05, 0) is 0 Å². The summed E-state index contributed by atoms with van der Waals surface area (Å²) in [6, 6.07) is 0. The number of hydrogen-bond acceptors (Lipinski definition) is 1. The first-order valence-electron chi connectivity index (χ1n) is 5.19. The molecule has 0 atom stereocenters. The van der Waals surface area contributed by atoms with Gasteiger partial charge in [0.2, 0.25) is 15.7 Å². The molecule has 0 aliphatic carbocycles. The van der Waals surface area contributed by atoms with E-state index < -0.39 is 34.3 Å². The molecular formula is C8HCl17O. The van der Waals surface area contributed by atoms with Crippen LogP contribution in [-0.2, 0) is 0 Å². The zero-order chi connectivity index (χ0) is 22.0. The number of hydrogen-bond donors (Lipinski definition) is 1. The summed E-state index contributed by atoms with van der Waals surface area (Å²) in [6.45, 7) is 0. The van der Waals surface area contributed by atoms with Crippen LogP contribution < -0.4 is 0 Å². The molecule has 1 N–H and O–H groups in total. The zero-order valence-electron chi connectivity index (χ0n) is 10.9. The Morgan fingerprint density at radius 1 is 0.346 bits per heavy atom. The van der Waals surface area contributed by atoms with E-state index in [1.54, 1.807) is 0 Å². The maximum atomic E-state index is 9.80. The predicted molar refractivity (Wildman–Crippen MR) is 123 cm³/mol. The van der Waals surface area contributed by atoms with Gasteiger partial charge in [-0.1, -0.05) is 197 Å². The molecule has 0 saturated carbocycles. The third kappa shape index (κ3) is 4.88. The molecule has 0 unspecified atom stereocenters. The highest BCUT2D eigenvalue weighted by Crippen LogP contribution is 2.78. The first-order chi connectivity index (χ1) is 10.8. The summed E-state index contributed by atoms with van der Waals surface area (Å²) in [5, 5.41) is 9.80. The van der Waals surface area contributed by atoms with Crippen molar-refractivity contribution < 1.29 is 5.11 Å². The summed E-state index contributed by atoms with van der Waals surface area (Å²) in [5.41, 5.74) is -3.12. The van der Waals surface area contributed by atoms with Gasteiger partial charge < -0.3 is 5.11 Å². The molecule has 26 heavy (non-hydrogen) atoms. The first kappa shape index (κ1) is 30.9. The number of aliphatic hydroxyl groups is 1. The van der Waals surface area contributed by atoms with Crippen molar-refractivity contribution >= 4 is 197 Å². The predicted octanol–water partition coefficient (Wildman–Crippen LogP) is 9.73. The van der Waals surface area contributed by atoms with Crippen LogP contribution in [-0.4, -0.2) is 34.0 Å². The Morgan fingerprint density at radius 2 is 0.577 bits per heavy atom. The Kier molecular flexibility index (Phi) is 10.6. The Bertz CT molecular complexity index is 477.